The number of aromatic nitrogens is 3. The summed E-state index contributed by atoms with van der Waals surface area (Å²) in [5.41, 5.74) is 5.19. The van der Waals surface area contributed by atoms with Gasteiger partial charge in [-0.1, -0.05) is 23.7 Å². The minimum atomic E-state index is -5.77. The summed E-state index contributed by atoms with van der Waals surface area (Å²) in [5.74, 6) is -6.04. The summed E-state index contributed by atoms with van der Waals surface area (Å²) in [4.78, 5) is 44.7. The lowest BCUT2D eigenvalue weighted by Crippen LogP contribution is -2.39. The van der Waals surface area contributed by atoms with Crippen LogP contribution in [0.2, 0.25) is 5.02 Å². The predicted molar refractivity (Wildman–Crippen MR) is 148 cm³/mol. The molecular weight excluding hydrogens is 618 g/mol. The zero-order valence-electron chi connectivity index (χ0n) is 22.1. The van der Waals surface area contributed by atoms with Crippen molar-refractivity contribution in [1.29, 1.82) is 0 Å². The molecule has 0 atom stereocenters. The number of ketones is 2. The maximum atomic E-state index is 12.7. The van der Waals surface area contributed by atoms with Gasteiger partial charge in [-0.15, -0.1) is 0 Å². The highest BCUT2D eigenvalue weighted by Crippen LogP contribution is 2.30. The number of carbonyl (C=O) groups excluding carboxylic acids is 3. The first kappa shape index (κ1) is 31.9. The van der Waals surface area contributed by atoms with Crippen LogP contribution in [0.5, 0.6) is 0 Å². The number of alkyl halides is 6. The highest BCUT2D eigenvalue weighted by Gasteiger charge is 2.54. The van der Waals surface area contributed by atoms with E-state index >= 15 is 0 Å². The molecule has 5 rings (SSSR count). The van der Waals surface area contributed by atoms with Gasteiger partial charge in [-0.05, 0) is 66.4 Å². The molecule has 1 aliphatic rings. The molecule has 9 nitrogen and oxygen atoms in total. The molecule has 4 aromatic rings. The van der Waals surface area contributed by atoms with E-state index in [-0.39, 0.29) is 5.91 Å². The molecule has 0 fully saturated rings. The third-order valence-corrected chi connectivity index (χ3v) is 6.17. The Morgan fingerprint density at radius 1 is 0.818 bits per heavy atom. The predicted octanol–water partition coefficient (Wildman–Crippen LogP) is 6.61. The Bertz CT molecular complexity index is 1680. The van der Waals surface area contributed by atoms with E-state index in [1.54, 1.807) is 30.7 Å². The Morgan fingerprint density at radius 2 is 1.48 bits per heavy atom. The molecule has 0 spiro atoms. The van der Waals surface area contributed by atoms with E-state index in [0.717, 1.165) is 41.0 Å². The minimum Gasteiger partial charge on any atom is -0.339 e. The molecule has 2 aromatic carbocycles. The van der Waals surface area contributed by atoms with Crippen LogP contribution < -0.4 is 16.0 Å². The summed E-state index contributed by atoms with van der Waals surface area (Å²) in [7, 11) is 0. The number of halogens is 7. The number of aryl methyl sites for hydroxylation is 2. The van der Waals surface area contributed by atoms with E-state index in [2.05, 4.69) is 43.0 Å². The molecule has 0 saturated heterocycles. The van der Waals surface area contributed by atoms with Gasteiger partial charge in [0, 0.05) is 35.0 Å². The van der Waals surface area contributed by atoms with Crippen LogP contribution in [-0.2, 0) is 22.4 Å². The van der Waals surface area contributed by atoms with E-state index in [4.69, 9.17) is 11.6 Å². The third-order valence-electron chi connectivity index (χ3n) is 5.89. The average Bonchev–Trinajstić information content (AvgIpc) is 2.98. The zero-order chi connectivity index (χ0) is 32.1. The van der Waals surface area contributed by atoms with Crippen molar-refractivity contribution in [3.63, 3.8) is 0 Å². The second-order valence-electron chi connectivity index (χ2n) is 9.06. The number of pyridine rings is 1. The molecule has 2 aromatic heterocycles. The van der Waals surface area contributed by atoms with E-state index in [9.17, 15) is 40.7 Å². The number of rotatable bonds is 3. The number of Topliss-reactive ketones (excluding diaryl/α,β-unsaturated/α-hetero) is 2. The molecule has 0 radical (unpaired) electrons. The number of nitrogens with zero attached hydrogens (tertiary/aromatic N) is 3. The fraction of sp³-hybridized carbons (Fsp3) is 0.143. The zero-order valence-corrected chi connectivity index (χ0v) is 22.8. The molecule has 44 heavy (non-hydrogen) atoms. The lowest BCUT2D eigenvalue weighted by Gasteiger charge is -2.14. The second kappa shape index (κ2) is 13.1. The van der Waals surface area contributed by atoms with Crippen molar-refractivity contribution in [2.45, 2.75) is 25.2 Å². The molecule has 16 heteroatoms. The average molecular weight is 637 g/mol. The quantitative estimate of drug-likeness (QED) is 0.169. The van der Waals surface area contributed by atoms with Crippen molar-refractivity contribution in [2.75, 3.05) is 16.0 Å². The first-order valence-corrected chi connectivity index (χ1v) is 12.8. The molecule has 0 saturated carbocycles. The number of fused-ring (bicyclic) bond motifs is 6. The highest BCUT2D eigenvalue weighted by molar-refractivity contribution is 6.41. The van der Waals surface area contributed by atoms with Crippen LogP contribution in [0.1, 0.15) is 21.5 Å². The normalized spacial score (nSPS) is 12.4. The number of nitrogens with one attached hydrogen (secondary N) is 3. The van der Waals surface area contributed by atoms with Gasteiger partial charge in [0.1, 0.15) is 5.02 Å². The topological polar surface area (TPSA) is 126 Å². The van der Waals surface area contributed by atoms with Gasteiger partial charge in [-0.2, -0.15) is 31.3 Å². The lowest BCUT2D eigenvalue weighted by molar-refractivity contribution is -0.193. The first-order chi connectivity index (χ1) is 20.7. The summed E-state index contributed by atoms with van der Waals surface area (Å²) < 4.78 is 67.0. The van der Waals surface area contributed by atoms with Crippen molar-refractivity contribution < 1.29 is 40.7 Å². The molecule has 0 aliphatic carbocycles. The summed E-state index contributed by atoms with van der Waals surface area (Å²) in [6.07, 6.45) is -5.24. The Labute approximate surface area is 249 Å². The van der Waals surface area contributed by atoms with E-state index in [1.807, 2.05) is 30.3 Å². The number of hydrogen-bond donors (Lipinski definition) is 3. The largest absolute Gasteiger partial charge is 0.458 e. The van der Waals surface area contributed by atoms with Gasteiger partial charge in [0.15, 0.2) is 5.82 Å². The SMILES string of the molecule is O=C(C(=O)C(F)(F)F)C(F)(F)F.O=C(Nc1ccc2cc1CCc1cccc(c1)Nc1ncc(Cl)c(n1)N2)c1ccncc1. The van der Waals surface area contributed by atoms with Crippen LogP contribution in [0.25, 0.3) is 0 Å². The number of benzene rings is 2. The maximum Gasteiger partial charge on any atom is 0.458 e. The van der Waals surface area contributed by atoms with Gasteiger partial charge in [0.25, 0.3) is 5.91 Å². The van der Waals surface area contributed by atoms with E-state index in [0.29, 0.717) is 22.4 Å². The van der Waals surface area contributed by atoms with Gasteiger partial charge >= 0.3 is 23.9 Å². The van der Waals surface area contributed by atoms with Crippen LogP contribution in [-0.4, -0.2) is 44.8 Å². The molecule has 1 aliphatic heterocycles. The van der Waals surface area contributed by atoms with Crippen LogP contribution in [0.15, 0.2) is 73.2 Å². The van der Waals surface area contributed by atoms with Crippen LogP contribution in [0.3, 0.4) is 0 Å². The Balaban J connectivity index is 0.000000314. The molecule has 1 amide bonds. The van der Waals surface area contributed by atoms with Crippen molar-refractivity contribution >= 4 is 57.9 Å². The van der Waals surface area contributed by atoms with E-state index in [1.165, 1.54) is 0 Å². The number of anilines is 5. The molecule has 228 valence electrons. The Morgan fingerprint density at radius 3 is 2.14 bits per heavy atom. The standard InChI is InChI=1S/C24H19ClN6O.C4F6O2/c25-20-14-27-24-29-18-3-1-2-15(12-18)4-5-17-13-19(28-22(20)31-24)6-7-21(17)30-23(32)16-8-10-26-11-9-16;5-3(6,7)1(11)2(12)4(8,9)10/h1-3,6-14H,4-5H2,(H,30,32)(H2,27,28,29,31);. The van der Waals surface area contributed by atoms with Crippen molar-refractivity contribution in [2.24, 2.45) is 0 Å². The molecular formula is C28H19ClF6N6O3. The number of hydrogen-bond acceptors (Lipinski definition) is 8. The fourth-order valence-corrected chi connectivity index (χ4v) is 3.96. The number of carbonyl (C=O) groups is 3. The second-order valence-corrected chi connectivity index (χ2v) is 9.46. The van der Waals surface area contributed by atoms with Crippen molar-refractivity contribution in [3.8, 4) is 0 Å². The minimum absolute atomic E-state index is 0.179. The lowest BCUT2D eigenvalue weighted by atomic mass is 10.0. The summed E-state index contributed by atoms with van der Waals surface area (Å²) in [6.45, 7) is 0. The van der Waals surface area contributed by atoms with Gasteiger partial charge in [-0.3, -0.25) is 19.4 Å². The third kappa shape index (κ3) is 8.28. The maximum absolute atomic E-state index is 12.7. The van der Waals surface area contributed by atoms with Crippen LogP contribution in [0.4, 0.5) is 55.2 Å². The monoisotopic (exact) mass is 636 g/mol. The Hall–Kier alpha value is -5.05. The van der Waals surface area contributed by atoms with Gasteiger partial charge < -0.3 is 16.0 Å². The van der Waals surface area contributed by atoms with Crippen LogP contribution >= 0.6 is 11.6 Å². The molecule has 3 heterocycles. The fourth-order valence-electron chi connectivity index (χ4n) is 3.82. The van der Waals surface area contributed by atoms with Crippen molar-refractivity contribution in [1.82, 2.24) is 15.0 Å². The van der Waals surface area contributed by atoms with Crippen LogP contribution in [0, 0.1) is 0 Å². The highest BCUT2D eigenvalue weighted by atomic mass is 35.5. The Kier molecular flexibility index (Phi) is 9.47. The molecule has 6 bridgehead atoms. The van der Waals surface area contributed by atoms with Gasteiger partial charge in [0.2, 0.25) is 5.95 Å². The smallest absolute Gasteiger partial charge is 0.339 e. The summed E-state index contributed by atoms with van der Waals surface area (Å²) in [5, 5.41) is 9.94. The summed E-state index contributed by atoms with van der Waals surface area (Å²) >= 11 is 6.32. The summed E-state index contributed by atoms with van der Waals surface area (Å²) in [6, 6.07) is 17.3. The van der Waals surface area contributed by atoms with Gasteiger partial charge in [0.05, 0.1) is 6.20 Å². The molecule has 3 N–H and O–H groups in total. The van der Waals surface area contributed by atoms with Crippen molar-refractivity contribution in [3.05, 3.63) is 94.9 Å². The first-order valence-electron chi connectivity index (χ1n) is 12.4. The van der Waals surface area contributed by atoms with E-state index < -0.39 is 23.9 Å². The number of amides is 1. The van der Waals surface area contributed by atoms with Gasteiger partial charge in [-0.25, -0.2) is 4.98 Å². The molecule has 0 unspecified atom stereocenters.